The average Bonchev–Trinajstić information content (AvgIpc) is 2.44. The lowest BCUT2D eigenvalue weighted by Crippen LogP contribution is -2.65. The van der Waals surface area contributed by atoms with Crippen LogP contribution in [-0.2, 0) is 25.8 Å². The van der Waals surface area contributed by atoms with E-state index in [1.807, 2.05) is 30.3 Å². The fourth-order valence-corrected chi connectivity index (χ4v) is 1.88. The third-order valence-corrected chi connectivity index (χ3v) is 2.95. The number of hydrogen-bond donors (Lipinski definition) is 3. The van der Waals surface area contributed by atoms with E-state index in [0.717, 1.165) is 5.56 Å². The van der Waals surface area contributed by atoms with Gasteiger partial charge in [-0.3, -0.25) is 14.4 Å². The van der Waals surface area contributed by atoms with E-state index in [-0.39, 0.29) is 13.2 Å². The molecule has 8 heteroatoms. The minimum Gasteiger partial charge on any atom is -0.447 e. The number of ether oxygens (including phenoxy) is 1. The van der Waals surface area contributed by atoms with Crippen LogP contribution < -0.4 is 16.5 Å². The summed E-state index contributed by atoms with van der Waals surface area (Å²) in [5.41, 5.74) is 7.91. The van der Waals surface area contributed by atoms with E-state index >= 15 is 0 Å². The first-order valence-electron chi connectivity index (χ1n) is 6.26. The van der Waals surface area contributed by atoms with Gasteiger partial charge in [0.2, 0.25) is 5.91 Å². The molecule has 1 fully saturated rings. The molecule has 1 aliphatic heterocycles. The van der Waals surface area contributed by atoms with E-state index in [1.165, 1.54) is 0 Å². The SMILES string of the molecule is NC(=O)OCC1NC(=O)C1C(=O)NOCc1ccccc1. The van der Waals surface area contributed by atoms with Crippen LogP contribution in [0, 0.1) is 5.92 Å². The number of nitrogens with one attached hydrogen (secondary N) is 2. The van der Waals surface area contributed by atoms with Gasteiger partial charge >= 0.3 is 6.09 Å². The molecular weight excluding hydrogens is 278 g/mol. The van der Waals surface area contributed by atoms with E-state index in [9.17, 15) is 14.4 Å². The summed E-state index contributed by atoms with van der Waals surface area (Å²) < 4.78 is 4.55. The van der Waals surface area contributed by atoms with E-state index < -0.39 is 29.9 Å². The summed E-state index contributed by atoms with van der Waals surface area (Å²) in [7, 11) is 0. The van der Waals surface area contributed by atoms with Gasteiger partial charge in [0.1, 0.15) is 12.5 Å². The number of benzene rings is 1. The summed E-state index contributed by atoms with van der Waals surface area (Å²) in [5, 5.41) is 2.45. The van der Waals surface area contributed by atoms with E-state index in [4.69, 9.17) is 10.6 Å². The lowest BCUT2D eigenvalue weighted by molar-refractivity contribution is -0.153. The zero-order valence-corrected chi connectivity index (χ0v) is 11.1. The van der Waals surface area contributed by atoms with Crippen molar-refractivity contribution in [2.75, 3.05) is 6.61 Å². The molecule has 1 aromatic carbocycles. The average molecular weight is 293 g/mol. The zero-order valence-electron chi connectivity index (χ0n) is 11.1. The van der Waals surface area contributed by atoms with Gasteiger partial charge in [-0.05, 0) is 5.56 Å². The van der Waals surface area contributed by atoms with Crippen LogP contribution in [0.4, 0.5) is 4.79 Å². The topological polar surface area (TPSA) is 120 Å². The number of amides is 3. The van der Waals surface area contributed by atoms with Gasteiger partial charge in [-0.2, -0.15) is 0 Å². The molecule has 0 aromatic heterocycles. The second-order valence-electron chi connectivity index (χ2n) is 4.46. The molecule has 0 saturated carbocycles. The van der Waals surface area contributed by atoms with E-state index in [0.29, 0.717) is 0 Å². The number of primary amides is 1. The van der Waals surface area contributed by atoms with Crippen LogP contribution in [0.2, 0.25) is 0 Å². The third-order valence-electron chi connectivity index (χ3n) is 2.95. The van der Waals surface area contributed by atoms with Crippen LogP contribution in [0.1, 0.15) is 5.56 Å². The predicted molar refractivity (Wildman–Crippen MR) is 70.3 cm³/mol. The van der Waals surface area contributed by atoms with Gasteiger partial charge < -0.3 is 15.8 Å². The Kier molecular flexibility index (Phi) is 4.72. The van der Waals surface area contributed by atoms with Gasteiger partial charge in [-0.15, -0.1) is 0 Å². The number of carbonyl (C=O) groups is 3. The Morgan fingerprint density at radius 2 is 2.00 bits per heavy atom. The van der Waals surface area contributed by atoms with E-state index in [2.05, 4.69) is 15.5 Å². The normalized spacial score (nSPS) is 20.1. The summed E-state index contributed by atoms with van der Waals surface area (Å²) in [6.07, 6.45) is -0.962. The molecule has 1 saturated heterocycles. The van der Waals surface area contributed by atoms with E-state index in [1.54, 1.807) is 0 Å². The minimum absolute atomic E-state index is 0.155. The molecule has 0 bridgehead atoms. The molecule has 112 valence electrons. The molecule has 3 amide bonds. The maximum atomic E-state index is 11.8. The summed E-state index contributed by atoms with van der Waals surface area (Å²) in [6.45, 7) is 0.0290. The monoisotopic (exact) mass is 293 g/mol. The van der Waals surface area contributed by atoms with Gasteiger partial charge in [-0.25, -0.2) is 10.3 Å². The highest BCUT2D eigenvalue weighted by atomic mass is 16.7. The second-order valence-corrected chi connectivity index (χ2v) is 4.46. The Hall–Kier alpha value is -2.61. The largest absolute Gasteiger partial charge is 0.447 e. The first-order chi connectivity index (χ1) is 10.1. The van der Waals surface area contributed by atoms with Crippen LogP contribution in [-0.4, -0.2) is 30.6 Å². The molecule has 2 rings (SSSR count). The number of carbonyl (C=O) groups excluding carboxylic acids is 3. The van der Waals surface area contributed by atoms with Crippen LogP contribution in [0.15, 0.2) is 30.3 Å². The molecule has 21 heavy (non-hydrogen) atoms. The highest BCUT2D eigenvalue weighted by molar-refractivity contribution is 6.05. The quantitative estimate of drug-likeness (QED) is 0.369. The van der Waals surface area contributed by atoms with Crippen molar-refractivity contribution in [3.8, 4) is 0 Å². The first-order valence-corrected chi connectivity index (χ1v) is 6.26. The molecule has 2 unspecified atom stereocenters. The van der Waals surface area contributed by atoms with Crippen molar-refractivity contribution >= 4 is 17.9 Å². The van der Waals surface area contributed by atoms with Crippen molar-refractivity contribution < 1.29 is 24.0 Å². The Balaban J connectivity index is 1.76. The Labute approximate surface area is 120 Å². The number of rotatable bonds is 6. The van der Waals surface area contributed by atoms with Crippen LogP contribution >= 0.6 is 0 Å². The number of hydroxylamine groups is 1. The standard InChI is InChI=1S/C13H15N3O5/c14-13(19)20-7-9-10(11(17)15-9)12(18)16-21-6-8-4-2-1-3-5-8/h1-5,9-10H,6-7H2,(H2,14,19)(H,15,17)(H,16,18). The fourth-order valence-electron chi connectivity index (χ4n) is 1.88. The minimum atomic E-state index is -0.962. The molecule has 0 radical (unpaired) electrons. The molecule has 1 heterocycles. The van der Waals surface area contributed by atoms with Crippen LogP contribution in [0.25, 0.3) is 0 Å². The maximum absolute atomic E-state index is 11.8. The van der Waals surface area contributed by atoms with Gasteiger partial charge in [0, 0.05) is 0 Å². The number of nitrogens with two attached hydrogens (primary N) is 1. The van der Waals surface area contributed by atoms with Gasteiger partial charge in [-0.1, -0.05) is 30.3 Å². The Morgan fingerprint density at radius 1 is 1.29 bits per heavy atom. The molecule has 2 atom stereocenters. The third kappa shape index (κ3) is 3.93. The second kappa shape index (κ2) is 6.71. The number of β-lactam (4-membered cyclic amide) rings is 1. The van der Waals surface area contributed by atoms with Crippen molar-refractivity contribution in [2.24, 2.45) is 11.7 Å². The molecule has 8 nitrogen and oxygen atoms in total. The first kappa shape index (κ1) is 14.8. The van der Waals surface area contributed by atoms with Crippen LogP contribution in [0.5, 0.6) is 0 Å². The molecule has 0 aliphatic carbocycles. The van der Waals surface area contributed by atoms with Crippen molar-refractivity contribution in [1.82, 2.24) is 10.8 Å². The van der Waals surface area contributed by atoms with Gasteiger partial charge in [0.15, 0.2) is 0 Å². The van der Waals surface area contributed by atoms with Crippen molar-refractivity contribution in [3.63, 3.8) is 0 Å². The summed E-state index contributed by atoms with van der Waals surface area (Å²) in [6, 6.07) is 8.64. The van der Waals surface area contributed by atoms with Crippen molar-refractivity contribution in [3.05, 3.63) is 35.9 Å². The summed E-state index contributed by atoms with van der Waals surface area (Å²) in [4.78, 5) is 38.7. The smallest absolute Gasteiger partial charge is 0.404 e. The maximum Gasteiger partial charge on any atom is 0.404 e. The van der Waals surface area contributed by atoms with Crippen molar-refractivity contribution in [1.29, 1.82) is 0 Å². The number of hydrogen-bond acceptors (Lipinski definition) is 5. The van der Waals surface area contributed by atoms with Gasteiger partial charge in [0.05, 0.1) is 12.6 Å². The van der Waals surface area contributed by atoms with Gasteiger partial charge in [0.25, 0.3) is 5.91 Å². The zero-order chi connectivity index (χ0) is 15.2. The highest BCUT2D eigenvalue weighted by Crippen LogP contribution is 2.15. The fraction of sp³-hybridized carbons (Fsp3) is 0.308. The lowest BCUT2D eigenvalue weighted by Gasteiger charge is -2.34. The molecule has 0 spiro atoms. The molecule has 1 aromatic rings. The summed E-state index contributed by atoms with van der Waals surface area (Å²) >= 11 is 0. The predicted octanol–water partition coefficient (Wildman–Crippen LogP) is -0.556. The summed E-state index contributed by atoms with van der Waals surface area (Å²) in [5.74, 6) is -2.00. The Morgan fingerprint density at radius 3 is 2.62 bits per heavy atom. The lowest BCUT2D eigenvalue weighted by atomic mass is 9.90. The molecule has 1 aliphatic rings. The highest BCUT2D eigenvalue weighted by Gasteiger charge is 2.45. The molecule has 4 N–H and O–H groups in total. The Bertz CT molecular complexity index is 534. The van der Waals surface area contributed by atoms with Crippen molar-refractivity contribution in [2.45, 2.75) is 12.6 Å². The van der Waals surface area contributed by atoms with Crippen LogP contribution in [0.3, 0.4) is 0 Å². The molecular formula is C13H15N3O5.